The summed E-state index contributed by atoms with van der Waals surface area (Å²) in [7, 11) is 3.15. The van der Waals surface area contributed by atoms with Crippen LogP contribution in [0.1, 0.15) is 17.5 Å². The Morgan fingerprint density at radius 3 is 2.74 bits per heavy atom. The molecule has 0 unspecified atom stereocenters. The molecule has 27 heavy (non-hydrogen) atoms. The number of carbonyl (C=O) groups excluding carboxylic acids is 1. The van der Waals surface area contributed by atoms with E-state index in [1.807, 2.05) is 36.5 Å². The van der Waals surface area contributed by atoms with E-state index < -0.39 is 0 Å². The van der Waals surface area contributed by atoms with Crippen molar-refractivity contribution in [1.82, 2.24) is 10.4 Å². The van der Waals surface area contributed by atoms with Crippen LogP contribution in [0, 0.1) is 0 Å². The van der Waals surface area contributed by atoms with Crippen LogP contribution in [0.15, 0.2) is 59.8 Å². The number of para-hydroxylation sites is 1. The number of ether oxygens (including phenoxy) is 2. The number of nitrogens with zero attached hydrogens (tertiary/aromatic N) is 2. The maximum atomic E-state index is 12.0. The minimum atomic E-state index is -0.153. The average Bonchev–Trinajstić information content (AvgIpc) is 2.72. The molecule has 3 rings (SSSR count). The summed E-state index contributed by atoms with van der Waals surface area (Å²) >= 11 is 0. The van der Waals surface area contributed by atoms with E-state index in [9.17, 15) is 4.79 Å². The molecule has 138 valence electrons. The Morgan fingerprint density at radius 2 is 1.93 bits per heavy atom. The summed E-state index contributed by atoms with van der Waals surface area (Å²) in [5.41, 5.74) is 5.31. The lowest BCUT2D eigenvalue weighted by molar-refractivity contribution is -0.121. The predicted octanol–water partition coefficient (Wildman–Crippen LogP) is 3.33. The zero-order chi connectivity index (χ0) is 19.1. The van der Waals surface area contributed by atoms with Gasteiger partial charge in [-0.2, -0.15) is 5.10 Å². The van der Waals surface area contributed by atoms with Crippen molar-refractivity contribution in [3.8, 4) is 11.5 Å². The van der Waals surface area contributed by atoms with E-state index in [0.29, 0.717) is 24.3 Å². The fourth-order valence-electron chi connectivity index (χ4n) is 2.68. The molecular formula is C21H21N3O3. The van der Waals surface area contributed by atoms with Gasteiger partial charge in [0.15, 0.2) is 11.5 Å². The van der Waals surface area contributed by atoms with Crippen LogP contribution >= 0.6 is 0 Å². The van der Waals surface area contributed by atoms with Crippen LogP contribution in [-0.2, 0) is 11.2 Å². The minimum Gasteiger partial charge on any atom is -0.493 e. The molecule has 0 aliphatic carbocycles. The first kappa shape index (κ1) is 18.4. The fraction of sp³-hybridized carbons (Fsp3) is 0.190. The lowest BCUT2D eigenvalue weighted by Gasteiger charge is -2.07. The van der Waals surface area contributed by atoms with E-state index in [-0.39, 0.29) is 5.91 Å². The summed E-state index contributed by atoms with van der Waals surface area (Å²) in [6.07, 6.45) is 4.32. The van der Waals surface area contributed by atoms with Gasteiger partial charge in [-0.1, -0.05) is 18.2 Å². The molecule has 3 aromatic rings. The molecule has 0 bridgehead atoms. The number of aromatic nitrogens is 1. The normalized spacial score (nSPS) is 10.9. The van der Waals surface area contributed by atoms with Crippen molar-refractivity contribution in [1.29, 1.82) is 0 Å². The highest BCUT2D eigenvalue weighted by Crippen LogP contribution is 2.26. The van der Waals surface area contributed by atoms with Gasteiger partial charge in [0.2, 0.25) is 5.91 Å². The van der Waals surface area contributed by atoms with Gasteiger partial charge in [-0.05, 0) is 47.9 Å². The summed E-state index contributed by atoms with van der Waals surface area (Å²) in [6, 6.07) is 15.4. The van der Waals surface area contributed by atoms with Crippen molar-refractivity contribution in [2.45, 2.75) is 12.8 Å². The monoisotopic (exact) mass is 363 g/mol. The van der Waals surface area contributed by atoms with Gasteiger partial charge in [0, 0.05) is 18.0 Å². The van der Waals surface area contributed by atoms with E-state index in [2.05, 4.69) is 21.6 Å². The number of methoxy groups -OCH3 is 2. The molecule has 0 aliphatic heterocycles. The van der Waals surface area contributed by atoms with Crippen molar-refractivity contribution in [3.05, 3.63) is 65.9 Å². The van der Waals surface area contributed by atoms with Crippen LogP contribution in [0.3, 0.4) is 0 Å². The highest BCUT2D eigenvalue weighted by molar-refractivity contribution is 5.83. The number of hydrogen-bond acceptors (Lipinski definition) is 5. The number of benzene rings is 2. The van der Waals surface area contributed by atoms with Crippen LogP contribution in [0.5, 0.6) is 11.5 Å². The van der Waals surface area contributed by atoms with Gasteiger partial charge < -0.3 is 9.47 Å². The molecule has 1 aromatic heterocycles. The number of nitrogens with one attached hydrogen (secondary N) is 1. The zero-order valence-electron chi connectivity index (χ0n) is 15.3. The highest BCUT2D eigenvalue weighted by atomic mass is 16.5. The number of carbonyl (C=O) groups is 1. The quantitative estimate of drug-likeness (QED) is 0.516. The third-order valence-corrected chi connectivity index (χ3v) is 4.10. The van der Waals surface area contributed by atoms with Crippen molar-refractivity contribution in [2.75, 3.05) is 14.2 Å². The molecule has 0 fully saturated rings. The topological polar surface area (TPSA) is 72.8 Å². The Bertz CT molecular complexity index is 970. The number of aryl methyl sites for hydroxylation is 1. The van der Waals surface area contributed by atoms with Crippen molar-refractivity contribution >= 4 is 23.0 Å². The van der Waals surface area contributed by atoms with Gasteiger partial charge in [0.05, 0.1) is 26.0 Å². The number of amides is 1. The maximum Gasteiger partial charge on any atom is 0.240 e. The van der Waals surface area contributed by atoms with Crippen molar-refractivity contribution in [3.63, 3.8) is 0 Å². The average molecular weight is 363 g/mol. The minimum absolute atomic E-state index is 0.153. The van der Waals surface area contributed by atoms with Crippen molar-refractivity contribution < 1.29 is 14.3 Å². The molecule has 1 amide bonds. The zero-order valence-corrected chi connectivity index (χ0v) is 15.3. The molecule has 6 heteroatoms. The largest absolute Gasteiger partial charge is 0.493 e. The maximum absolute atomic E-state index is 12.0. The Labute approximate surface area is 157 Å². The molecule has 0 atom stereocenters. The SMILES string of the molecule is COc1ccc(C=NNC(=O)CCc2cnc3ccccc3c2)cc1OC. The highest BCUT2D eigenvalue weighted by Gasteiger charge is 2.04. The first-order chi connectivity index (χ1) is 13.2. The van der Waals surface area contributed by atoms with E-state index >= 15 is 0 Å². The third-order valence-electron chi connectivity index (χ3n) is 4.10. The van der Waals surface area contributed by atoms with Gasteiger partial charge in [-0.3, -0.25) is 9.78 Å². The summed E-state index contributed by atoms with van der Waals surface area (Å²) < 4.78 is 10.4. The van der Waals surface area contributed by atoms with Gasteiger partial charge in [0.25, 0.3) is 0 Å². The van der Waals surface area contributed by atoms with E-state index in [1.54, 1.807) is 32.6 Å². The summed E-state index contributed by atoms with van der Waals surface area (Å²) in [5, 5.41) is 5.07. The molecular weight excluding hydrogens is 342 g/mol. The summed E-state index contributed by atoms with van der Waals surface area (Å²) in [6.45, 7) is 0. The molecule has 0 saturated carbocycles. The molecule has 1 N–H and O–H groups in total. The van der Waals surface area contributed by atoms with Crippen LogP contribution in [0.4, 0.5) is 0 Å². The second-order valence-corrected chi connectivity index (χ2v) is 5.94. The Morgan fingerprint density at radius 1 is 1.11 bits per heavy atom. The number of hydrazone groups is 1. The Hall–Kier alpha value is -3.41. The second kappa shape index (κ2) is 8.80. The number of hydrogen-bond donors (Lipinski definition) is 1. The first-order valence-corrected chi connectivity index (χ1v) is 8.57. The Kier molecular flexibility index (Phi) is 5.99. The van der Waals surface area contributed by atoms with Crippen LogP contribution in [0.2, 0.25) is 0 Å². The molecule has 0 saturated heterocycles. The van der Waals surface area contributed by atoms with E-state index in [0.717, 1.165) is 22.0 Å². The molecule has 0 spiro atoms. The standard InChI is InChI=1S/C21H21N3O3/c1-26-19-9-7-16(12-20(19)27-2)14-23-24-21(25)10-8-15-11-17-5-3-4-6-18(17)22-13-15/h3-7,9,11-14H,8,10H2,1-2H3,(H,24,25). The van der Waals surface area contributed by atoms with Gasteiger partial charge in [-0.25, -0.2) is 5.43 Å². The van der Waals surface area contributed by atoms with Gasteiger partial charge >= 0.3 is 0 Å². The lowest BCUT2D eigenvalue weighted by Crippen LogP contribution is -2.17. The molecule has 0 aliphatic rings. The van der Waals surface area contributed by atoms with Gasteiger partial charge in [-0.15, -0.1) is 0 Å². The Balaban J connectivity index is 1.53. The predicted molar refractivity (Wildman–Crippen MR) is 105 cm³/mol. The number of pyridine rings is 1. The van der Waals surface area contributed by atoms with E-state index in [1.165, 1.54) is 0 Å². The third kappa shape index (κ3) is 4.82. The molecule has 6 nitrogen and oxygen atoms in total. The molecule has 1 heterocycles. The van der Waals surface area contributed by atoms with Crippen LogP contribution < -0.4 is 14.9 Å². The summed E-state index contributed by atoms with van der Waals surface area (Å²) in [5.74, 6) is 1.10. The van der Waals surface area contributed by atoms with Crippen LogP contribution in [-0.4, -0.2) is 31.3 Å². The fourth-order valence-corrected chi connectivity index (χ4v) is 2.68. The van der Waals surface area contributed by atoms with E-state index in [4.69, 9.17) is 9.47 Å². The van der Waals surface area contributed by atoms with Crippen molar-refractivity contribution in [2.24, 2.45) is 5.10 Å². The number of rotatable bonds is 7. The summed E-state index contributed by atoms with van der Waals surface area (Å²) in [4.78, 5) is 16.4. The second-order valence-electron chi connectivity index (χ2n) is 5.94. The smallest absolute Gasteiger partial charge is 0.240 e. The first-order valence-electron chi connectivity index (χ1n) is 8.57. The van der Waals surface area contributed by atoms with Crippen LogP contribution in [0.25, 0.3) is 10.9 Å². The molecule has 0 radical (unpaired) electrons. The molecule has 2 aromatic carbocycles. The van der Waals surface area contributed by atoms with Gasteiger partial charge in [0.1, 0.15) is 0 Å². The lowest BCUT2D eigenvalue weighted by atomic mass is 10.1. The number of fused-ring (bicyclic) bond motifs is 1.